The monoisotopic (exact) mass is 531 g/mol. The Labute approximate surface area is 240 Å². The van der Waals surface area contributed by atoms with Gasteiger partial charge in [0.25, 0.3) is 0 Å². The van der Waals surface area contributed by atoms with Crippen LogP contribution < -0.4 is 0 Å². The number of aromatic amines is 1. The van der Waals surface area contributed by atoms with Gasteiger partial charge in [-0.3, -0.25) is 0 Å². The summed E-state index contributed by atoms with van der Waals surface area (Å²) in [6.45, 7) is 25.8. The zero-order chi connectivity index (χ0) is 30.0. The fraction of sp³-hybridized carbons (Fsp3) is 0.459. The van der Waals surface area contributed by atoms with Crippen LogP contribution in [0, 0.1) is 20.8 Å². The Bertz CT molecular complexity index is 1170. The summed E-state index contributed by atoms with van der Waals surface area (Å²) in [5.74, 6) is 0.292. The van der Waals surface area contributed by atoms with Crippen molar-refractivity contribution in [3.63, 3.8) is 0 Å². The van der Waals surface area contributed by atoms with Crippen molar-refractivity contribution in [3.05, 3.63) is 89.0 Å². The average Bonchev–Trinajstić information content (AvgIpc) is 3.36. The highest BCUT2D eigenvalue weighted by Crippen LogP contribution is 2.29. The molecule has 0 saturated heterocycles. The molecule has 3 aromatic carbocycles. The fourth-order valence-corrected chi connectivity index (χ4v) is 3.28. The maximum atomic E-state index is 9.36. The molecule has 0 spiro atoms. The summed E-state index contributed by atoms with van der Waals surface area (Å²) >= 11 is 0. The molecule has 0 aliphatic heterocycles. The van der Waals surface area contributed by atoms with Crippen LogP contribution in [0.2, 0.25) is 0 Å². The van der Waals surface area contributed by atoms with Crippen LogP contribution in [-0.2, 0) is 5.41 Å². The molecule has 1 aromatic heterocycles. The molecule has 2 nitrogen and oxygen atoms in total. The summed E-state index contributed by atoms with van der Waals surface area (Å²) in [5, 5.41) is 10.6. The summed E-state index contributed by atoms with van der Waals surface area (Å²) in [6, 6.07) is 22.5. The number of aromatic hydroxyl groups is 1. The number of hydrogen-bond donors (Lipinski definition) is 2. The summed E-state index contributed by atoms with van der Waals surface area (Å²) in [5.41, 5.74) is 8.89. The van der Waals surface area contributed by atoms with E-state index >= 15 is 0 Å². The van der Waals surface area contributed by atoms with Crippen molar-refractivity contribution in [2.24, 2.45) is 0 Å². The number of aromatic nitrogens is 1. The molecule has 0 aliphatic carbocycles. The van der Waals surface area contributed by atoms with Crippen LogP contribution in [-0.4, -0.2) is 10.1 Å². The van der Waals surface area contributed by atoms with Crippen LogP contribution in [0.25, 0.3) is 22.2 Å². The van der Waals surface area contributed by atoms with Crippen molar-refractivity contribution in [2.75, 3.05) is 0 Å². The normalized spacial score (nSPS) is 10.1. The van der Waals surface area contributed by atoms with Crippen molar-refractivity contribution in [1.82, 2.24) is 4.98 Å². The van der Waals surface area contributed by atoms with Crippen molar-refractivity contribution in [3.8, 4) is 17.0 Å². The standard InChI is InChI=1S/C18H19NO.C9H12.2C4H10.C2H6/c1-18(2,3)14-7-4-13-10-16(19-17(13)11-14)12-5-8-15(20)9-6-12;1-7-4-5-8(2)9(3)6-7;2*1-3-4-2;1-2/h4-11,19-20H,1-3H3;4-6H,1-3H3;2*3-4H2,1-2H3;1-2H3. The molecule has 0 fully saturated rings. The third-order valence-electron chi connectivity index (χ3n) is 6.33. The molecule has 0 radical (unpaired) electrons. The van der Waals surface area contributed by atoms with Crippen LogP contribution >= 0.6 is 0 Å². The number of hydrogen-bond acceptors (Lipinski definition) is 1. The molecule has 4 aromatic rings. The summed E-state index contributed by atoms with van der Waals surface area (Å²) < 4.78 is 0. The Morgan fingerprint density at radius 2 is 1.18 bits per heavy atom. The van der Waals surface area contributed by atoms with Gasteiger partial charge in [0, 0.05) is 16.6 Å². The topological polar surface area (TPSA) is 36.0 Å². The lowest BCUT2D eigenvalue weighted by atomic mass is 9.87. The first kappa shape index (κ1) is 36.0. The maximum absolute atomic E-state index is 9.36. The van der Waals surface area contributed by atoms with E-state index in [9.17, 15) is 5.11 Å². The first-order valence-corrected chi connectivity index (χ1v) is 14.9. The molecule has 0 aliphatic rings. The van der Waals surface area contributed by atoms with E-state index < -0.39 is 0 Å². The molecule has 216 valence electrons. The molecule has 39 heavy (non-hydrogen) atoms. The number of phenolic OH excluding ortho intramolecular Hbond substituents is 1. The van der Waals surface area contributed by atoms with Gasteiger partial charge >= 0.3 is 0 Å². The first-order chi connectivity index (χ1) is 18.5. The quantitative estimate of drug-likeness (QED) is 0.271. The molecule has 0 amide bonds. The minimum Gasteiger partial charge on any atom is -0.508 e. The Morgan fingerprint density at radius 3 is 1.62 bits per heavy atom. The Kier molecular flexibility index (Phi) is 17.7. The molecule has 0 saturated carbocycles. The van der Waals surface area contributed by atoms with Gasteiger partial charge in [0.2, 0.25) is 0 Å². The summed E-state index contributed by atoms with van der Waals surface area (Å²) in [4.78, 5) is 3.46. The van der Waals surface area contributed by atoms with Crippen LogP contribution in [0.1, 0.15) is 110 Å². The molecule has 2 heteroatoms. The van der Waals surface area contributed by atoms with Crippen molar-refractivity contribution >= 4 is 10.9 Å². The van der Waals surface area contributed by atoms with E-state index in [0.717, 1.165) is 16.8 Å². The molecular formula is C37H57NO. The summed E-state index contributed by atoms with van der Waals surface area (Å²) in [6.07, 6.45) is 5.28. The van der Waals surface area contributed by atoms with Crippen LogP contribution in [0.3, 0.4) is 0 Å². The minimum atomic E-state index is 0.151. The van der Waals surface area contributed by atoms with Crippen molar-refractivity contribution < 1.29 is 5.11 Å². The Balaban J connectivity index is 0.000000629. The van der Waals surface area contributed by atoms with Gasteiger partial charge in [-0.15, -0.1) is 0 Å². The van der Waals surface area contributed by atoms with Crippen molar-refractivity contribution in [1.29, 1.82) is 0 Å². The molecule has 0 unspecified atom stereocenters. The lowest BCUT2D eigenvalue weighted by molar-refractivity contribution is 0.475. The van der Waals surface area contributed by atoms with Gasteiger partial charge < -0.3 is 10.1 Å². The van der Waals surface area contributed by atoms with Gasteiger partial charge in [-0.05, 0) is 84.8 Å². The van der Waals surface area contributed by atoms with E-state index in [2.05, 4.69) is 117 Å². The second-order valence-corrected chi connectivity index (χ2v) is 10.9. The van der Waals surface area contributed by atoms with E-state index in [4.69, 9.17) is 0 Å². The van der Waals surface area contributed by atoms with Gasteiger partial charge in [0.1, 0.15) is 5.75 Å². The van der Waals surface area contributed by atoms with E-state index in [1.807, 2.05) is 26.0 Å². The van der Waals surface area contributed by atoms with Crippen molar-refractivity contribution in [2.45, 2.75) is 114 Å². The molecule has 2 N–H and O–H groups in total. The first-order valence-electron chi connectivity index (χ1n) is 14.9. The zero-order valence-corrected chi connectivity index (χ0v) is 27.1. The fourth-order valence-electron chi connectivity index (χ4n) is 3.28. The predicted octanol–water partition coefficient (Wildman–Crippen LogP) is 12.1. The lowest BCUT2D eigenvalue weighted by Gasteiger charge is -2.18. The lowest BCUT2D eigenvalue weighted by Crippen LogP contribution is -2.10. The van der Waals surface area contributed by atoms with Crippen LogP contribution in [0.15, 0.2) is 66.7 Å². The molecule has 4 rings (SSSR count). The SMILES string of the molecule is CC.CC(C)(C)c1ccc2cc(-c3ccc(O)cc3)[nH]c2c1.CCCC.CCCC.Cc1ccc(C)c(C)c1. The van der Waals surface area contributed by atoms with Gasteiger partial charge in [-0.1, -0.05) is 124 Å². The minimum absolute atomic E-state index is 0.151. The number of aryl methyl sites for hydroxylation is 3. The Hall–Kier alpha value is -3.00. The van der Waals surface area contributed by atoms with Gasteiger partial charge in [-0.25, -0.2) is 0 Å². The smallest absolute Gasteiger partial charge is 0.115 e. The molecule has 0 bridgehead atoms. The molecule has 0 atom stereocenters. The number of fused-ring (bicyclic) bond motifs is 1. The average molecular weight is 532 g/mol. The molecular weight excluding hydrogens is 474 g/mol. The predicted molar refractivity (Wildman–Crippen MR) is 177 cm³/mol. The number of rotatable bonds is 3. The second kappa shape index (κ2) is 19.1. The van der Waals surface area contributed by atoms with E-state index in [-0.39, 0.29) is 5.41 Å². The highest BCUT2D eigenvalue weighted by molar-refractivity contribution is 5.86. The third kappa shape index (κ3) is 13.6. The molecule has 1 heterocycles. The number of phenols is 1. The Morgan fingerprint density at radius 1 is 0.641 bits per heavy atom. The third-order valence-corrected chi connectivity index (χ3v) is 6.33. The largest absolute Gasteiger partial charge is 0.508 e. The van der Waals surface area contributed by atoms with Gasteiger partial charge in [0.05, 0.1) is 0 Å². The van der Waals surface area contributed by atoms with Crippen LogP contribution in [0.5, 0.6) is 5.75 Å². The van der Waals surface area contributed by atoms with E-state index in [1.165, 1.54) is 53.3 Å². The highest BCUT2D eigenvalue weighted by atomic mass is 16.3. The number of unbranched alkanes of at least 4 members (excludes halogenated alkanes) is 2. The highest BCUT2D eigenvalue weighted by Gasteiger charge is 2.14. The van der Waals surface area contributed by atoms with Crippen LogP contribution in [0.4, 0.5) is 0 Å². The number of benzene rings is 3. The second-order valence-electron chi connectivity index (χ2n) is 10.9. The summed E-state index contributed by atoms with van der Waals surface area (Å²) in [7, 11) is 0. The van der Waals surface area contributed by atoms with E-state index in [0.29, 0.717) is 5.75 Å². The van der Waals surface area contributed by atoms with Gasteiger partial charge in [-0.2, -0.15) is 0 Å². The van der Waals surface area contributed by atoms with Gasteiger partial charge in [0.15, 0.2) is 0 Å². The number of H-pyrrole nitrogens is 1. The number of nitrogens with one attached hydrogen (secondary N) is 1. The zero-order valence-electron chi connectivity index (χ0n) is 27.1. The van der Waals surface area contributed by atoms with E-state index in [1.54, 1.807) is 12.1 Å². The maximum Gasteiger partial charge on any atom is 0.115 e.